The van der Waals surface area contributed by atoms with Crippen LogP contribution < -0.4 is 22.1 Å². The van der Waals surface area contributed by atoms with Crippen molar-refractivity contribution in [3.8, 4) is 5.75 Å². The number of phenolic OH excluding ortho intramolecular Hbond substituents is 1. The molecule has 13 nitrogen and oxygen atoms in total. The molecule has 0 aromatic heterocycles. The van der Waals surface area contributed by atoms with Crippen LogP contribution >= 0.6 is 0 Å². The summed E-state index contributed by atoms with van der Waals surface area (Å²) in [5, 5.41) is 14.8. The van der Waals surface area contributed by atoms with Gasteiger partial charge in [0, 0.05) is 42.2 Å². The van der Waals surface area contributed by atoms with Crippen LogP contribution in [0.2, 0.25) is 0 Å². The number of hydrogen-bond donors (Lipinski definition) is 5. The first-order chi connectivity index (χ1) is 23.7. The van der Waals surface area contributed by atoms with E-state index in [9.17, 15) is 33.3 Å². The van der Waals surface area contributed by atoms with Gasteiger partial charge in [0.25, 0.3) is 0 Å². The Labute approximate surface area is 297 Å². The number of carbonyl (C=O) groups excluding carboxylic acids is 5. The van der Waals surface area contributed by atoms with Crippen LogP contribution in [0, 0.1) is 13.8 Å². The number of nitrogens with one attached hydrogen (secondary N) is 2. The molecular formula is C36H53N5O8S. The van der Waals surface area contributed by atoms with Gasteiger partial charge in [0.05, 0.1) is 25.7 Å². The summed E-state index contributed by atoms with van der Waals surface area (Å²) in [6, 6.07) is 9.05. The Hall–Kier alpha value is -4.14. The lowest BCUT2D eigenvalue weighted by atomic mass is 9.96. The molecule has 0 saturated heterocycles. The predicted octanol–water partition coefficient (Wildman–Crippen LogP) is 1.69. The van der Waals surface area contributed by atoms with Gasteiger partial charge in [0.1, 0.15) is 11.8 Å². The van der Waals surface area contributed by atoms with Crippen LogP contribution in [0.15, 0.2) is 42.5 Å². The largest absolute Gasteiger partial charge is 0.508 e. The van der Waals surface area contributed by atoms with Crippen LogP contribution in [0.5, 0.6) is 5.75 Å². The van der Waals surface area contributed by atoms with Crippen LogP contribution in [0.3, 0.4) is 0 Å². The maximum atomic E-state index is 13.8. The van der Waals surface area contributed by atoms with Crippen molar-refractivity contribution < 1.29 is 38.0 Å². The third-order valence-corrected chi connectivity index (χ3v) is 9.24. The van der Waals surface area contributed by atoms with Crippen LogP contribution in [-0.4, -0.2) is 94.1 Å². The topological polar surface area (TPSA) is 211 Å². The fourth-order valence-electron chi connectivity index (χ4n) is 5.54. The summed E-state index contributed by atoms with van der Waals surface area (Å²) in [5.41, 5.74) is 15.3. The molecule has 14 heteroatoms. The lowest BCUT2D eigenvalue weighted by Crippen LogP contribution is -2.56. The van der Waals surface area contributed by atoms with Crippen molar-refractivity contribution in [3.05, 3.63) is 64.7 Å². The van der Waals surface area contributed by atoms with Crippen LogP contribution in [0.4, 0.5) is 0 Å². The lowest BCUT2D eigenvalue weighted by Gasteiger charge is -2.31. The summed E-state index contributed by atoms with van der Waals surface area (Å²) < 4.78 is 16.2. The predicted molar refractivity (Wildman–Crippen MR) is 192 cm³/mol. The Kier molecular flexibility index (Phi) is 18.4. The highest BCUT2D eigenvalue weighted by atomic mass is 32.2. The maximum absolute atomic E-state index is 13.8. The van der Waals surface area contributed by atoms with Crippen molar-refractivity contribution in [1.82, 2.24) is 15.5 Å². The van der Waals surface area contributed by atoms with E-state index in [0.29, 0.717) is 25.7 Å². The van der Waals surface area contributed by atoms with Gasteiger partial charge >= 0.3 is 5.97 Å². The van der Waals surface area contributed by atoms with E-state index in [0.717, 1.165) is 35.1 Å². The van der Waals surface area contributed by atoms with Gasteiger partial charge in [-0.25, -0.2) is 0 Å². The van der Waals surface area contributed by atoms with Gasteiger partial charge < -0.3 is 31.5 Å². The summed E-state index contributed by atoms with van der Waals surface area (Å²) in [6.07, 6.45) is 5.64. The number of imide groups is 1. The Balaban J connectivity index is 2.24. The van der Waals surface area contributed by atoms with Crippen molar-refractivity contribution in [3.63, 3.8) is 0 Å². The smallest absolute Gasteiger partial charge is 0.305 e. The van der Waals surface area contributed by atoms with Gasteiger partial charge in [-0.05, 0) is 73.9 Å². The number of nitrogens with zero attached hydrogens (tertiary/aromatic N) is 1. The molecule has 0 bridgehead atoms. The zero-order chi connectivity index (χ0) is 37.2. The normalized spacial score (nSPS) is 13.4. The number of carbonyl (C=O) groups is 5. The molecule has 0 saturated carbocycles. The van der Waals surface area contributed by atoms with E-state index in [4.69, 9.17) is 11.5 Å². The molecule has 50 heavy (non-hydrogen) atoms. The van der Waals surface area contributed by atoms with Crippen molar-refractivity contribution >= 4 is 40.4 Å². The number of phenols is 1. The summed E-state index contributed by atoms with van der Waals surface area (Å²) >= 11 is 0. The molecule has 2 rings (SSSR count). The average molecular weight is 716 g/mol. The first-order valence-electron chi connectivity index (χ1n) is 16.9. The molecule has 4 atom stereocenters. The molecule has 0 aliphatic heterocycles. The summed E-state index contributed by atoms with van der Waals surface area (Å²) in [6.45, 7) is 3.35. The molecule has 2 unspecified atom stereocenters. The number of ether oxygens (including phenoxy) is 1. The molecule has 0 radical (unpaired) electrons. The van der Waals surface area contributed by atoms with Gasteiger partial charge in [-0.2, -0.15) is 0 Å². The molecule has 0 aliphatic carbocycles. The van der Waals surface area contributed by atoms with Gasteiger partial charge in [-0.1, -0.05) is 49.6 Å². The third-order valence-electron chi connectivity index (χ3n) is 8.43. The van der Waals surface area contributed by atoms with E-state index >= 15 is 0 Å². The van der Waals surface area contributed by atoms with E-state index in [1.807, 2.05) is 32.0 Å². The molecule has 7 N–H and O–H groups in total. The third kappa shape index (κ3) is 14.8. The number of unbranched alkanes of at least 4 members (excludes halogenated alkanes) is 4. The SMILES string of the molecule is COC(=O)CCCCCCCN(C(=O)CNC(=O)[C@H](N)Cc1c(C)cc(O)cc1C)[C@@H](Cc1ccccc1)C(=O)NC(=O)C(N)CCS(C)=O. The molecule has 2 aromatic rings. The first-order valence-corrected chi connectivity index (χ1v) is 18.6. The Bertz CT molecular complexity index is 1450. The molecule has 4 amide bonds. The van der Waals surface area contributed by atoms with Crippen LogP contribution in [0.25, 0.3) is 0 Å². The zero-order valence-electron chi connectivity index (χ0n) is 29.6. The minimum absolute atomic E-state index is 0.0892. The number of aryl methyl sites for hydroxylation is 2. The molecular weight excluding hydrogens is 662 g/mol. The highest BCUT2D eigenvalue weighted by Crippen LogP contribution is 2.22. The standard InChI is InChI=1S/C36H53N5O8S/c1-24-19-27(42)20-25(2)28(24)22-30(38)34(45)39-23-32(43)41(17-12-7-5-6-11-15-33(44)49-3)31(21-26-13-9-8-10-14-26)36(47)40-35(46)29(37)16-18-50(4)48/h8-10,13-14,19-20,29-31,42H,5-7,11-12,15-18,21-23,37-38H2,1-4H3,(H,39,45)(H,40,46,47)/t29?,30-,31+,50?/m1/s1. The molecule has 0 spiro atoms. The minimum Gasteiger partial charge on any atom is -0.508 e. The molecule has 0 heterocycles. The van der Waals surface area contributed by atoms with Crippen molar-refractivity contribution in [2.45, 2.75) is 89.8 Å². The lowest BCUT2D eigenvalue weighted by molar-refractivity contribution is -0.143. The molecule has 0 aliphatic rings. The van der Waals surface area contributed by atoms with Crippen LogP contribution in [0.1, 0.15) is 67.2 Å². The van der Waals surface area contributed by atoms with Gasteiger partial charge in [0.2, 0.25) is 23.6 Å². The zero-order valence-corrected chi connectivity index (χ0v) is 30.4. The second-order valence-corrected chi connectivity index (χ2v) is 14.1. The number of methoxy groups -OCH3 is 1. The van der Waals surface area contributed by atoms with Crippen molar-refractivity contribution in [2.24, 2.45) is 11.5 Å². The quantitative estimate of drug-likeness (QED) is 0.0933. The summed E-state index contributed by atoms with van der Waals surface area (Å²) in [7, 11) is 0.172. The van der Waals surface area contributed by atoms with Crippen molar-refractivity contribution in [1.29, 1.82) is 0 Å². The Morgan fingerprint density at radius 1 is 0.880 bits per heavy atom. The van der Waals surface area contributed by atoms with E-state index in [2.05, 4.69) is 15.4 Å². The van der Waals surface area contributed by atoms with Gasteiger partial charge in [-0.15, -0.1) is 0 Å². The summed E-state index contributed by atoms with van der Waals surface area (Å²) in [5.74, 6) is -2.53. The van der Waals surface area contributed by atoms with E-state index < -0.39 is 59.1 Å². The monoisotopic (exact) mass is 715 g/mol. The number of esters is 1. The average Bonchev–Trinajstić information content (AvgIpc) is 3.07. The van der Waals surface area contributed by atoms with Crippen molar-refractivity contribution in [2.75, 3.05) is 32.2 Å². The highest BCUT2D eigenvalue weighted by Gasteiger charge is 2.32. The number of benzene rings is 2. The first kappa shape index (κ1) is 42.0. The Morgan fingerprint density at radius 3 is 2.12 bits per heavy atom. The van der Waals surface area contributed by atoms with E-state index in [1.54, 1.807) is 24.3 Å². The van der Waals surface area contributed by atoms with Gasteiger partial charge in [0.15, 0.2) is 0 Å². The fourth-order valence-corrected chi connectivity index (χ4v) is 6.13. The van der Waals surface area contributed by atoms with E-state index in [-0.39, 0.29) is 43.3 Å². The highest BCUT2D eigenvalue weighted by molar-refractivity contribution is 7.84. The van der Waals surface area contributed by atoms with E-state index in [1.165, 1.54) is 18.3 Å². The number of aromatic hydroxyl groups is 1. The fraction of sp³-hybridized carbons (Fsp3) is 0.528. The van der Waals surface area contributed by atoms with Gasteiger partial charge in [-0.3, -0.25) is 33.5 Å². The molecule has 2 aromatic carbocycles. The van der Waals surface area contributed by atoms with Crippen LogP contribution in [-0.2, 0) is 52.4 Å². The molecule has 276 valence electrons. The second-order valence-electron chi connectivity index (χ2n) is 12.5. The Morgan fingerprint density at radius 2 is 1.50 bits per heavy atom. The number of hydrogen-bond acceptors (Lipinski definition) is 10. The summed E-state index contributed by atoms with van der Waals surface area (Å²) in [4.78, 5) is 66.3. The maximum Gasteiger partial charge on any atom is 0.305 e. The number of rotatable bonds is 21. The molecule has 0 fully saturated rings. The number of amides is 4. The second kappa shape index (κ2) is 21.8. The minimum atomic E-state index is -1.17. The number of nitrogens with two attached hydrogens (primary N) is 2.